The number of hydrogen-bond donors (Lipinski definition) is 0. The van der Waals surface area contributed by atoms with Gasteiger partial charge in [0.15, 0.2) is 23.1 Å². The van der Waals surface area contributed by atoms with E-state index >= 15 is 0 Å². The second-order valence-corrected chi connectivity index (χ2v) is 17.7. The predicted octanol–water partition coefficient (Wildman–Crippen LogP) is 9.78. The molecule has 0 unspecified atom stereocenters. The van der Waals surface area contributed by atoms with Crippen LogP contribution >= 0.6 is 22.7 Å². The average Bonchev–Trinajstić information content (AvgIpc) is 4.01. The summed E-state index contributed by atoms with van der Waals surface area (Å²) in [6.45, 7) is 0. The first-order valence-electron chi connectivity index (χ1n) is 18.8. The molecule has 2 spiro atoms. The van der Waals surface area contributed by atoms with Crippen molar-refractivity contribution in [2.45, 2.75) is 69.6 Å². The molecule has 2 fully saturated rings. The molecule has 0 amide bonds. The Morgan fingerprint density at radius 2 is 1.00 bits per heavy atom. The molecule has 0 atom stereocenters. The Bertz CT molecular complexity index is 2830. The summed E-state index contributed by atoms with van der Waals surface area (Å²) in [5.41, 5.74) is 5.43. The zero-order valence-electron chi connectivity index (χ0n) is 29.9. The van der Waals surface area contributed by atoms with Crippen molar-refractivity contribution in [3.05, 3.63) is 125 Å². The summed E-state index contributed by atoms with van der Waals surface area (Å²) in [4.78, 5) is 56.9. The molecule has 10 rings (SSSR count). The minimum Gasteiger partial charge on any atom is -0.288 e. The van der Waals surface area contributed by atoms with E-state index in [0.717, 1.165) is 79.4 Å². The SMILES string of the molecule is N#Cc1cc2c(cc1C#N)C(=O)C(=CC1=CC3=C(c4sc5cc(C=C6C(=O)c7cc(C#N)c(C#N)cc7C6=O)sc5c4C34CCCCC4)C13CCCCC3)C2=O. The highest BCUT2D eigenvalue weighted by Crippen LogP contribution is 2.70. The van der Waals surface area contributed by atoms with Crippen LogP contribution in [-0.2, 0) is 5.41 Å². The number of rotatable bonds is 2. The molecule has 268 valence electrons. The quantitative estimate of drug-likeness (QED) is 0.144. The molecule has 0 bridgehead atoms. The molecule has 6 aliphatic rings. The van der Waals surface area contributed by atoms with Crippen LogP contribution in [0.5, 0.6) is 0 Å². The van der Waals surface area contributed by atoms with Gasteiger partial charge in [0.2, 0.25) is 0 Å². The first-order chi connectivity index (χ1) is 27.2. The number of thiophene rings is 2. The number of nitriles is 4. The van der Waals surface area contributed by atoms with Crippen molar-refractivity contribution in [3.63, 3.8) is 0 Å². The Balaban J connectivity index is 1.09. The normalized spacial score (nSPS) is 19.8. The van der Waals surface area contributed by atoms with Gasteiger partial charge in [-0.2, -0.15) is 21.0 Å². The number of Topliss-reactive ketones (excluding diaryl/α,β-unsaturated/α-hetero) is 4. The molecule has 2 heterocycles. The van der Waals surface area contributed by atoms with Crippen LogP contribution in [0.1, 0.15) is 143 Å². The van der Waals surface area contributed by atoms with Gasteiger partial charge in [0.05, 0.1) is 38.1 Å². The maximum absolute atomic E-state index is 13.9. The number of carbonyl (C=O) groups is 4. The van der Waals surface area contributed by atoms with Crippen LogP contribution in [0.4, 0.5) is 0 Å². The number of ketones is 4. The van der Waals surface area contributed by atoms with Crippen LogP contribution in [-0.4, -0.2) is 23.1 Å². The second-order valence-electron chi connectivity index (χ2n) is 15.6. The molecule has 10 heteroatoms. The fourth-order valence-corrected chi connectivity index (χ4v) is 13.4. The molecule has 0 saturated heterocycles. The minimum absolute atomic E-state index is 0.0325. The number of allylic oxidation sites excluding steroid dienone is 7. The van der Waals surface area contributed by atoms with Crippen LogP contribution in [0.2, 0.25) is 0 Å². The van der Waals surface area contributed by atoms with Crippen LogP contribution in [0.15, 0.2) is 64.8 Å². The largest absolute Gasteiger partial charge is 0.288 e. The fourth-order valence-electron chi connectivity index (χ4n) is 10.4. The predicted molar refractivity (Wildman–Crippen MR) is 210 cm³/mol. The van der Waals surface area contributed by atoms with Gasteiger partial charge in [-0.3, -0.25) is 19.2 Å². The Hall–Kier alpha value is -6.30. The monoisotopic (exact) mass is 764 g/mol. The van der Waals surface area contributed by atoms with Crippen molar-refractivity contribution in [1.29, 1.82) is 21.0 Å². The van der Waals surface area contributed by atoms with Crippen molar-refractivity contribution >= 4 is 66.9 Å². The molecule has 4 aromatic rings. The molecule has 0 aliphatic heterocycles. The van der Waals surface area contributed by atoms with Gasteiger partial charge in [-0.15, -0.1) is 22.7 Å². The number of carbonyl (C=O) groups excluding carboxylic acids is 4. The maximum atomic E-state index is 13.9. The molecule has 56 heavy (non-hydrogen) atoms. The summed E-state index contributed by atoms with van der Waals surface area (Å²) in [5, 5.41) is 38.3. The highest BCUT2D eigenvalue weighted by molar-refractivity contribution is 7.29. The lowest BCUT2D eigenvalue weighted by molar-refractivity contribution is 0.0973. The smallest absolute Gasteiger partial charge is 0.197 e. The number of nitrogens with zero attached hydrogens (tertiary/aromatic N) is 4. The summed E-state index contributed by atoms with van der Waals surface area (Å²) in [7, 11) is 0. The molecule has 0 N–H and O–H groups in total. The molecule has 0 radical (unpaired) electrons. The lowest BCUT2D eigenvalue weighted by atomic mass is 9.66. The van der Waals surface area contributed by atoms with E-state index in [0.29, 0.717) is 0 Å². The highest BCUT2D eigenvalue weighted by atomic mass is 32.1. The Labute approximate surface area is 329 Å². The zero-order valence-corrected chi connectivity index (χ0v) is 31.6. The van der Waals surface area contributed by atoms with Crippen LogP contribution in [0.3, 0.4) is 0 Å². The van der Waals surface area contributed by atoms with Gasteiger partial charge in [0, 0.05) is 47.5 Å². The Morgan fingerprint density at radius 1 is 0.554 bits per heavy atom. The van der Waals surface area contributed by atoms with Crippen molar-refractivity contribution in [3.8, 4) is 24.3 Å². The third-order valence-corrected chi connectivity index (χ3v) is 15.3. The van der Waals surface area contributed by atoms with E-state index in [1.807, 2.05) is 30.4 Å². The van der Waals surface area contributed by atoms with E-state index in [-0.39, 0.29) is 66.5 Å². The van der Waals surface area contributed by atoms with E-state index in [9.17, 15) is 40.2 Å². The van der Waals surface area contributed by atoms with Gasteiger partial charge in [-0.25, -0.2) is 0 Å². The zero-order chi connectivity index (χ0) is 38.7. The molecular weight excluding hydrogens is 737 g/mol. The van der Waals surface area contributed by atoms with Crippen molar-refractivity contribution in [2.24, 2.45) is 5.41 Å². The second kappa shape index (κ2) is 12.1. The summed E-state index contributed by atoms with van der Waals surface area (Å²) < 4.78 is 2.26. The van der Waals surface area contributed by atoms with E-state index in [4.69, 9.17) is 0 Å². The standard InChI is InChI=1S/C46H28N4O4S2/c47-19-23-11-29-30(12-24(23)20-48)40(52)33(39(29)51)15-27-16-35-37(45(27)7-3-1-4-8-45)44-38(46(35)9-5-2-6-10-46)43-36(56-44)18-28(55-43)17-34-41(53)31-13-25(21-49)26(22-50)14-32(31)42(34)54/h11-18H,1-10H2. The lowest BCUT2D eigenvalue weighted by Gasteiger charge is -2.38. The first kappa shape index (κ1) is 34.2. The Morgan fingerprint density at radius 3 is 1.46 bits per heavy atom. The number of hydrogen-bond acceptors (Lipinski definition) is 10. The molecule has 2 saturated carbocycles. The average molecular weight is 765 g/mol. The van der Waals surface area contributed by atoms with Gasteiger partial charge >= 0.3 is 0 Å². The Kier molecular flexibility index (Phi) is 7.39. The molecule has 2 aromatic carbocycles. The van der Waals surface area contributed by atoms with E-state index in [1.165, 1.54) is 50.6 Å². The van der Waals surface area contributed by atoms with Crippen molar-refractivity contribution in [2.75, 3.05) is 0 Å². The lowest BCUT2D eigenvalue weighted by Crippen LogP contribution is -2.28. The minimum atomic E-state index is -0.443. The molecular formula is C46H28N4O4S2. The van der Waals surface area contributed by atoms with Crippen LogP contribution in [0.25, 0.3) is 21.0 Å². The number of fused-ring (bicyclic) bond motifs is 9. The van der Waals surface area contributed by atoms with Gasteiger partial charge in [0.1, 0.15) is 24.3 Å². The topological polar surface area (TPSA) is 163 Å². The number of benzene rings is 2. The summed E-state index contributed by atoms with van der Waals surface area (Å²) in [5.74, 6) is -1.70. The molecule has 8 nitrogen and oxygen atoms in total. The van der Waals surface area contributed by atoms with Crippen LogP contribution in [0, 0.1) is 50.7 Å². The molecule has 2 aromatic heterocycles. The van der Waals surface area contributed by atoms with Crippen molar-refractivity contribution < 1.29 is 19.2 Å². The maximum Gasteiger partial charge on any atom is 0.197 e. The highest BCUT2D eigenvalue weighted by Gasteiger charge is 2.56. The molecule has 6 aliphatic carbocycles. The van der Waals surface area contributed by atoms with Gasteiger partial charge in [-0.1, -0.05) is 44.6 Å². The van der Waals surface area contributed by atoms with E-state index in [1.54, 1.807) is 28.7 Å². The van der Waals surface area contributed by atoms with Gasteiger partial charge in [0.25, 0.3) is 0 Å². The fraction of sp³-hybridized carbons (Fsp3) is 0.261. The van der Waals surface area contributed by atoms with Gasteiger partial charge < -0.3 is 0 Å². The van der Waals surface area contributed by atoms with Crippen molar-refractivity contribution in [1.82, 2.24) is 0 Å². The summed E-state index contributed by atoms with van der Waals surface area (Å²) >= 11 is 3.34. The van der Waals surface area contributed by atoms with E-state index in [2.05, 4.69) is 12.1 Å². The third kappa shape index (κ3) is 4.40. The third-order valence-electron chi connectivity index (χ3n) is 13.0. The van der Waals surface area contributed by atoms with E-state index < -0.39 is 23.1 Å². The van der Waals surface area contributed by atoms with Crippen LogP contribution < -0.4 is 0 Å². The summed E-state index contributed by atoms with van der Waals surface area (Å²) in [6, 6.07) is 15.4. The van der Waals surface area contributed by atoms with Gasteiger partial charge in [-0.05, 0) is 90.4 Å². The first-order valence-corrected chi connectivity index (χ1v) is 20.4. The summed E-state index contributed by atoms with van der Waals surface area (Å²) in [6.07, 6.45) is 16.0.